The lowest BCUT2D eigenvalue weighted by atomic mass is 10.0. The van der Waals surface area contributed by atoms with Gasteiger partial charge in [0.2, 0.25) is 0 Å². The van der Waals surface area contributed by atoms with E-state index in [0.29, 0.717) is 12.1 Å². The summed E-state index contributed by atoms with van der Waals surface area (Å²) in [5, 5.41) is 9.81. The molecule has 1 atom stereocenters. The van der Waals surface area contributed by atoms with Crippen molar-refractivity contribution < 1.29 is 8.42 Å². The zero-order chi connectivity index (χ0) is 15.3. The van der Waals surface area contributed by atoms with Crippen LogP contribution in [0.25, 0.3) is 0 Å². The van der Waals surface area contributed by atoms with Crippen LogP contribution >= 0.6 is 0 Å². The van der Waals surface area contributed by atoms with Gasteiger partial charge in [0, 0.05) is 24.2 Å². The number of hydrogen-bond acceptors (Lipinski definition) is 4. The Morgan fingerprint density at radius 2 is 1.95 bits per heavy atom. The van der Waals surface area contributed by atoms with Gasteiger partial charge in [-0.15, -0.1) is 0 Å². The van der Waals surface area contributed by atoms with Crippen molar-refractivity contribution in [2.45, 2.75) is 64.7 Å². The van der Waals surface area contributed by atoms with E-state index in [1.807, 2.05) is 34.6 Å². The van der Waals surface area contributed by atoms with Crippen LogP contribution in [0, 0.1) is 5.92 Å². The van der Waals surface area contributed by atoms with Crippen LogP contribution in [0.2, 0.25) is 0 Å². The normalized spacial score (nSPS) is 14.2. The van der Waals surface area contributed by atoms with E-state index in [4.69, 9.17) is 0 Å². The van der Waals surface area contributed by atoms with Gasteiger partial charge in [0.1, 0.15) is 0 Å². The van der Waals surface area contributed by atoms with E-state index in [-0.39, 0.29) is 23.0 Å². The molecule has 3 N–H and O–H groups in total. The van der Waals surface area contributed by atoms with Gasteiger partial charge in [-0.25, -0.2) is 13.1 Å². The average Bonchev–Trinajstić information content (AvgIpc) is 2.82. The van der Waals surface area contributed by atoms with Crippen LogP contribution in [0.15, 0.2) is 11.2 Å². The molecule has 0 radical (unpaired) electrons. The molecule has 1 aromatic heterocycles. The topological polar surface area (TPSA) is 86.9 Å². The molecule has 0 saturated carbocycles. The third-order valence-corrected chi connectivity index (χ3v) is 4.70. The Balaban J connectivity index is 2.90. The molecule has 1 heterocycles. The SMILES string of the molecule is CCC(NS(=O)(=O)c1[nH]ncc1CNC(C)C)C(C)C. The summed E-state index contributed by atoms with van der Waals surface area (Å²) in [6, 6.07) is 0.210. The summed E-state index contributed by atoms with van der Waals surface area (Å²) in [7, 11) is -3.56. The van der Waals surface area contributed by atoms with Crippen LogP contribution in [0.4, 0.5) is 0 Å². The first-order chi connectivity index (χ1) is 9.27. The number of aromatic nitrogens is 2. The van der Waals surface area contributed by atoms with Crippen molar-refractivity contribution in [3.63, 3.8) is 0 Å². The van der Waals surface area contributed by atoms with Crippen LogP contribution < -0.4 is 10.0 Å². The number of sulfonamides is 1. The Kier molecular flexibility index (Phi) is 6.16. The van der Waals surface area contributed by atoms with Gasteiger partial charge in [-0.3, -0.25) is 5.10 Å². The molecule has 6 nitrogen and oxygen atoms in total. The monoisotopic (exact) mass is 302 g/mol. The Morgan fingerprint density at radius 3 is 2.45 bits per heavy atom. The Hall–Kier alpha value is -0.920. The highest BCUT2D eigenvalue weighted by molar-refractivity contribution is 7.89. The Bertz CT molecular complexity index is 508. The highest BCUT2D eigenvalue weighted by Gasteiger charge is 2.25. The molecule has 116 valence electrons. The van der Waals surface area contributed by atoms with Crippen molar-refractivity contribution in [2.24, 2.45) is 5.92 Å². The molecule has 0 bridgehead atoms. The molecule has 0 aliphatic heterocycles. The molecule has 20 heavy (non-hydrogen) atoms. The highest BCUT2D eigenvalue weighted by Crippen LogP contribution is 2.15. The minimum Gasteiger partial charge on any atom is -0.310 e. The van der Waals surface area contributed by atoms with E-state index in [9.17, 15) is 8.42 Å². The molecular weight excluding hydrogens is 276 g/mol. The summed E-state index contributed by atoms with van der Waals surface area (Å²) in [5.74, 6) is 0.245. The molecule has 0 aliphatic rings. The van der Waals surface area contributed by atoms with Crippen molar-refractivity contribution in [3.8, 4) is 0 Å². The van der Waals surface area contributed by atoms with E-state index in [1.165, 1.54) is 0 Å². The fourth-order valence-corrected chi connectivity index (χ4v) is 3.52. The van der Waals surface area contributed by atoms with Crippen LogP contribution in [-0.2, 0) is 16.6 Å². The molecule has 7 heteroatoms. The van der Waals surface area contributed by atoms with Crippen LogP contribution in [0.1, 0.15) is 46.6 Å². The first-order valence-electron chi connectivity index (χ1n) is 7.05. The lowest BCUT2D eigenvalue weighted by Gasteiger charge is -2.20. The second-order valence-corrected chi connectivity index (χ2v) is 7.29. The van der Waals surface area contributed by atoms with Gasteiger partial charge < -0.3 is 5.32 Å². The van der Waals surface area contributed by atoms with Gasteiger partial charge in [-0.1, -0.05) is 34.6 Å². The van der Waals surface area contributed by atoms with Crippen LogP contribution in [0.3, 0.4) is 0 Å². The third kappa shape index (κ3) is 4.57. The maximum atomic E-state index is 12.4. The molecule has 0 amide bonds. The fourth-order valence-electron chi connectivity index (χ4n) is 1.92. The van der Waals surface area contributed by atoms with Gasteiger partial charge in [0.15, 0.2) is 5.03 Å². The van der Waals surface area contributed by atoms with Crippen molar-refractivity contribution in [1.29, 1.82) is 0 Å². The summed E-state index contributed by atoms with van der Waals surface area (Å²) < 4.78 is 27.6. The van der Waals surface area contributed by atoms with Gasteiger partial charge in [-0.2, -0.15) is 5.10 Å². The average molecular weight is 302 g/mol. The summed E-state index contributed by atoms with van der Waals surface area (Å²) in [6.07, 6.45) is 2.31. The first kappa shape index (κ1) is 17.1. The Labute approximate surface area is 121 Å². The standard InChI is InChI=1S/C13H26N4O2S/c1-6-12(9(2)3)17-20(18,19)13-11(8-15-16-13)7-14-10(4)5/h8-10,12,14,17H,6-7H2,1-5H3,(H,15,16). The second-order valence-electron chi connectivity index (χ2n) is 5.64. The summed E-state index contributed by atoms with van der Waals surface area (Å²) >= 11 is 0. The van der Waals surface area contributed by atoms with E-state index in [0.717, 1.165) is 6.42 Å². The molecule has 0 fully saturated rings. The molecule has 0 aliphatic carbocycles. The van der Waals surface area contributed by atoms with Crippen molar-refractivity contribution in [1.82, 2.24) is 20.2 Å². The largest absolute Gasteiger partial charge is 0.310 e. The number of H-pyrrole nitrogens is 1. The predicted molar refractivity (Wildman–Crippen MR) is 79.8 cm³/mol. The smallest absolute Gasteiger partial charge is 0.258 e. The predicted octanol–water partition coefficient (Wildman–Crippen LogP) is 1.62. The minimum atomic E-state index is -3.56. The maximum Gasteiger partial charge on any atom is 0.258 e. The molecule has 1 aromatic rings. The summed E-state index contributed by atoms with van der Waals surface area (Å²) in [4.78, 5) is 0. The number of hydrogen-bond donors (Lipinski definition) is 3. The lowest BCUT2D eigenvalue weighted by molar-refractivity contribution is 0.436. The molecule has 1 unspecified atom stereocenters. The van der Waals surface area contributed by atoms with Gasteiger partial charge in [-0.05, 0) is 12.3 Å². The van der Waals surface area contributed by atoms with Gasteiger partial charge in [0.05, 0.1) is 6.20 Å². The van der Waals surface area contributed by atoms with E-state index in [2.05, 4.69) is 20.2 Å². The van der Waals surface area contributed by atoms with Crippen molar-refractivity contribution in [3.05, 3.63) is 11.8 Å². The zero-order valence-corrected chi connectivity index (χ0v) is 13.7. The zero-order valence-electron chi connectivity index (χ0n) is 12.9. The lowest BCUT2D eigenvalue weighted by Crippen LogP contribution is -2.38. The highest BCUT2D eigenvalue weighted by atomic mass is 32.2. The maximum absolute atomic E-state index is 12.4. The quantitative estimate of drug-likeness (QED) is 0.681. The third-order valence-electron chi connectivity index (χ3n) is 3.20. The van der Waals surface area contributed by atoms with E-state index in [1.54, 1.807) is 6.20 Å². The Morgan fingerprint density at radius 1 is 1.30 bits per heavy atom. The second kappa shape index (κ2) is 7.19. The number of aromatic amines is 1. The van der Waals surface area contributed by atoms with Crippen LogP contribution in [0.5, 0.6) is 0 Å². The van der Waals surface area contributed by atoms with Crippen LogP contribution in [-0.4, -0.2) is 30.7 Å². The van der Waals surface area contributed by atoms with Crippen molar-refractivity contribution in [2.75, 3.05) is 0 Å². The number of nitrogens with one attached hydrogen (secondary N) is 3. The molecule has 0 aromatic carbocycles. The minimum absolute atomic E-state index is 0.0748. The first-order valence-corrected chi connectivity index (χ1v) is 8.54. The van der Waals surface area contributed by atoms with E-state index >= 15 is 0 Å². The van der Waals surface area contributed by atoms with Gasteiger partial charge in [0.25, 0.3) is 10.0 Å². The molecule has 0 saturated heterocycles. The molecule has 0 spiro atoms. The summed E-state index contributed by atoms with van der Waals surface area (Å²) in [5.41, 5.74) is 0.657. The summed E-state index contributed by atoms with van der Waals surface area (Å²) in [6.45, 7) is 10.5. The van der Waals surface area contributed by atoms with Crippen molar-refractivity contribution >= 4 is 10.0 Å². The number of rotatable bonds is 8. The molecular formula is C13H26N4O2S. The van der Waals surface area contributed by atoms with E-state index < -0.39 is 10.0 Å². The van der Waals surface area contributed by atoms with Gasteiger partial charge >= 0.3 is 0 Å². The number of nitrogens with zero attached hydrogens (tertiary/aromatic N) is 1. The molecule has 1 rings (SSSR count). The fraction of sp³-hybridized carbons (Fsp3) is 0.769.